The van der Waals surface area contributed by atoms with Crippen molar-refractivity contribution in [2.45, 2.75) is 13.8 Å². The van der Waals surface area contributed by atoms with Crippen LogP contribution in [0, 0.1) is 0 Å². The van der Waals surface area contributed by atoms with E-state index in [0.29, 0.717) is 33.1 Å². The Hall–Kier alpha value is -0.450. The smallest absolute Gasteiger partial charge is 0.137 e. The van der Waals surface area contributed by atoms with E-state index in [2.05, 4.69) is 4.99 Å². The zero-order chi connectivity index (χ0) is 9.23. The molecule has 0 heterocycles. The molecule has 72 valence electrons. The second-order valence-corrected chi connectivity index (χ2v) is 2.54. The van der Waals surface area contributed by atoms with Crippen LogP contribution in [0.3, 0.4) is 0 Å². The molecular weight excluding hydrogens is 156 g/mol. The lowest BCUT2D eigenvalue weighted by Crippen LogP contribution is -2.12. The van der Waals surface area contributed by atoms with Crippen molar-refractivity contribution in [2.24, 2.45) is 10.7 Å². The van der Waals surface area contributed by atoms with Crippen molar-refractivity contribution >= 4 is 5.71 Å². The van der Waals surface area contributed by atoms with Crippen LogP contribution in [0.25, 0.3) is 0 Å². The summed E-state index contributed by atoms with van der Waals surface area (Å²) in [4.78, 5) is 4.06. The van der Waals surface area contributed by atoms with Gasteiger partial charge in [-0.25, -0.2) is 0 Å². The van der Waals surface area contributed by atoms with Gasteiger partial charge < -0.3 is 15.2 Å². The summed E-state index contributed by atoms with van der Waals surface area (Å²) in [7, 11) is 0. The second kappa shape index (κ2) is 8.64. The van der Waals surface area contributed by atoms with Crippen LogP contribution in [0.1, 0.15) is 13.8 Å². The van der Waals surface area contributed by atoms with Crippen LogP contribution in [0.4, 0.5) is 0 Å². The van der Waals surface area contributed by atoms with E-state index >= 15 is 0 Å². The summed E-state index contributed by atoms with van der Waals surface area (Å²) >= 11 is 0. The minimum absolute atomic E-state index is 0.425. The van der Waals surface area contributed by atoms with Gasteiger partial charge in [0.15, 0.2) is 0 Å². The summed E-state index contributed by atoms with van der Waals surface area (Å²) < 4.78 is 10.2. The summed E-state index contributed by atoms with van der Waals surface area (Å²) in [5.41, 5.74) is 6.25. The lowest BCUT2D eigenvalue weighted by atomic mass is 10.5. The predicted octanol–water partition coefficient (Wildman–Crippen LogP) is 0.417. The molecular formula is C8H18N2O2. The van der Waals surface area contributed by atoms with Crippen molar-refractivity contribution in [1.29, 1.82) is 0 Å². The number of nitrogens with zero attached hydrogens (tertiary/aromatic N) is 1. The molecule has 0 aromatic carbocycles. The van der Waals surface area contributed by atoms with Crippen molar-refractivity contribution in [3.8, 4) is 0 Å². The maximum atomic E-state index is 5.22. The van der Waals surface area contributed by atoms with Crippen LogP contribution >= 0.6 is 0 Å². The Bertz CT molecular complexity index is 122. The number of aliphatic imine (C=N–C) groups is 1. The van der Waals surface area contributed by atoms with Gasteiger partial charge in [0, 0.05) is 12.3 Å². The van der Waals surface area contributed by atoms with Crippen molar-refractivity contribution in [3.63, 3.8) is 0 Å². The molecule has 0 spiro atoms. The van der Waals surface area contributed by atoms with Crippen LogP contribution in [0.5, 0.6) is 0 Å². The largest absolute Gasteiger partial charge is 0.378 e. The van der Waals surface area contributed by atoms with Gasteiger partial charge in [0.25, 0.3) is 0 Å². The summed E-state index contributed by atoms with van der Waals surface area (Å²) in [6.45, 7) is 6.63. The molecule has 12 heavy (non-hydrogen) atoms. The minimum atomic E-state index is 0.425. The van der Waals surface area contributed by atoms with E-state index < -0.39 is 0 Å². The van der Waals surface area contributed by atoms with Crippen molar-refractivity contribution in [1.82, 2.24) is 0 Å². The number of ether oxygens (including phenoxy) is 2. The van der Waals surface area contributed by atoms with E-state index in [1.54, 1.807) is 0 Å². The molecule has 0 bridgehead atoms. The molecule has 0 aliphatic rings. The maximum Gasteiger partial charge on any atom is 0.137 e. The topological polar surface area (TPSA) is 56.8 Å². The Morgan fingerprint density at radius 1 is 1.17 bits per heavy atom. The molecule has 4 nitrogen and oxygen atoms in total. The highest BCUT2D eigenvalue weighted by atomic mass is 16.5. The molecule has 0 radical (unpaired) electrons. The Kier molecular flexibility index (Phi) is 8.32. The van der Waals surface area contributed by atoms with E-state index in [1.807, 2.05) is 13.8 Å². The van der Waals surface area contributed by atoms with Crippen LogP contribution in [0.15, 0.2) is 4.99 Å². The van der Waals surface area contributed by atoms with Crippen molar-refractivity contribution in [3.05, 3.63) is 0 Å². The Labute approximate surface area is 73.8 Å². The number of nitrogens with two attached hydrogens (primary N) is 1. The van der Waals surface area contributed by atoms with Gasteiger partial charge in [-0.2, -0.15) is 0 Å². The molecule has 0 fully saturated rings. The quantitative estimate of drug-likeness (QED) is 0.449. The lowest BCUT2D eigenvalue weighted by Gasteiger charge is -2.02. The molecule has 0 aliphatic heterocycles. The molecule has 0 unspecified atom stereocenters. The number of hydrogen-bond donors (Lipinski definition) is 1. The fourth-order valence-electron chi connectivity index (χ4n) is 0.543. The monoisotopic (exact) mass is 174 g/mol. The minimum Gasteiger partial charge on any atom is -0.378 e. The third-order valence-corrected chi connectivity index (χ3v) is 1.11. The third kappa shape index (κ3) is 9.55. The highest BCUT2D eigenvalue weighted by molar-refractivity contribution is 5.78. The first-order valence-electron chi connectivity index (χ1n) is 4.10. The van der Waals surface area contributed by atoms with E-state index in [9.17, 15) is 0 Å². The maximum absolute atomic E-state index is 5.22. The normalized spacial score (nSPS) is 9.92. The van der Waals surface area contributed by atoms with Crippen LogP contribution < -0.4 is 5.73 Å². The van der Waals surface area contributed by atoms with Gasteiger partial charge in [0.05, 0.1) is 19.8 Å². The first-order chi connectivity index (χ1) is 5.77. The molecule has 2 N–H and O–H groups in total. The highest BCUT2D eigenvalue weighted by Gasteiger charge is 1.86. The molecule has 0 atom stereocenters. The molecule has 0 rings (SSSR count). The van der Waals surface area contributed by atoms with E-state index in [0.717, 1.165) is 5.71 Å². The SMILES string of the molecule is CC(C)=NCOCCOCCN. The van der Waals surface area contributed by atoms with Gasteiger partial charge in [0.1, 0.15) is 6.73 Å². The van der Waals surface area contributed by atoms with Gasteiger partial charge in [0.2, 0.25) is 0 Å². The highest BCUT2D eigenvalue weighted by Crippen LogP contribution is 1.80. The Morgan fingerprint density at radius 2 is 1.83 bits per heavy atom. The second-order valence-electron chi connectivity index (χ2n) is 2.54. The van der Waals surface area contributed by atoms with Crippen LogP contribution in [0.2, 0.25) is 0 Å². The summed E-state index contributed by atoms with van der Waals surface area (Å²) in [6.07, 6.45) is 0. The molecule has 0 aliphatic carbocycles. The summed E-state index contributed by atoms with van der Waals surface area (Å²) in [5, 5.41) is 0. The van der Waals surface area contributed by atoms with E-state index in [-0.39, 0.29) is 0 Å². The van der Waals surface area contributed by atoms with Crippen molar-refractivity contribution < 1.29 is 9.47 Å². The molecule has 4 heteroatoms. The van der Waals surface area contributed by atoms with Crippen molar-refractivity contribution in [2.75, 3.05) is 33.1 Å². The van der Waals surface area contributed by atoms with E-state index in [1.165, 1.54) is 0 Å². The van der Waals surface area contributed by atoms with E-state index in [4.69, 9.17) is 15.2 Å². The zero-order valence-electron chi connectivity index (χ0n) is 7.88. The van der Waals surface area contributed by atoms with Crippen LogP contribution in [-0.2, 0) is 9.47 Å². The zero-order valence-corrected chi connectivity index (χ0v) is 7.88. The van der Waals surface area contributed by atoms with Gasteiger partial charge >= 0.3 is 0 Å². The molecule has 0 amide bonds. The molecule has 0 saturated carbocycles. The van der Waals surface area contributed by atoms with Gasteiger partial charge in [-0.05, 0) is 13.8 Å². The fraction of sp³-hybridized carbons (Fsp3) is 0.875. The molecule has 0 aromatic rings. The average molecular weight is 174 g/mol. The first kappa shape index (κ1) is 11.6. The lowest BCUT2D eigenvalue weighted by molar-refractivity contribution is 0.0539. The average Bonchev–Trinajstić information content (AvgIpc) is 2.02. The molecule has 0 saturated heterocycles. The van der Waals surface area contributed by atoms with Crippen LogP contribution in [-0.4, -0.2) is 38.8 Å². The summed E-state index contributed by atoms with van der Waals surface area (Å²) in [6, 6.07) is 0. The summed E-state index contributed by atoms with van der Waals surface area (Å²) in [5.74, 6) is 0. The molecule has 0 aromatic heterocycles. The first-order valence-corrected chi connectivity index (χ1v) is 4.10. The number of hydrogen-bond acceptors (Lipinski definition) is 4. The Morgan fingerprint density at radius 3 is 2.42 bits per heavy atom. The number of rotatable bonds is 7. The predicted molar refractivity (Wildman–Crippen MR) is 49.5 cm³/mol. The third-order valence-electron chi connectivity index (χ3n) is 1.11. The van der Waals surface area contributed by atoms with Gasteiger partial charge in [-0.3, -0.25) is 4.99 Å². The Balaban J connectivity index is 2.96. The fourth-order valence-corrected chi connectivity index (χ4v) is 0.543. The van der Waals surface area contributed by atoms with Gasteiger partial charge in [-0.1, -0.05) is 0 Å². The van der Waals surface area contributed by atoms with Gasteiger partial charge in [-0.15, -0.1) is 0 Å². The standard InChI is InChI=1S/C8H18N2O2/c1-8(2)10-7-12-6-5-11-4-3-9/h3-7,9H2,1-2H3.